The summed E-state index contributed by atoms with van der Waals surface area (Å²) < 4.78 is 0. The van der Waals surface area contributed by atoms with Crippen molar-refractivity contribution in [1.29, 1.82) is 0 Å². The Hall–Kier alpha value is -1.06. The van der Waals surface area contributed by atoms with Crippen molar-refractivity contribution in [3.63, 3.8) is 0 Å². The van der Waals surface area contributed by atoms with Crippen LogP contribution in [-0.4, -0.2) is 11.8 Å². The van der Waals surface area contributed by atoms with Gasteiger partial charge in [0.2, 0.25) is 0 Å². The summed E-state index contributed by atoms with van der Waals surface area (Å²) in [6, 6.07) is 0. The maximum absolute atomic E-state index is 11.0. The molecule has 1 aliphatic heterocycles. The maximum atomic E-state index is 11.0. The average molecular weight is 140 g/mol. The number of rotatable bonds is 0. The quantitative estimate of drug-likeness (QED) is 0.481. The van der Waals surface area contributed by atoms with Gasteiger partial charge in [-0.15, -0.1) is 0 Å². The Morgan fingerprint density at radius 2 is 2.30 bits per heavy atom. The lowest BCUT2D eigenvalue weighted by molar-refractivity contribution is -0.151. The van der Waals surface area contributed by atoms with Crippen molar-refractivity contribution >= 4 is 11.8 Å². The predicted octanol–water partition coefficient (Wildman–Crippen LogP) is -0.0143. The highest BCUT2D eigenvalue weighted by molar-refractivity contribution is 6.08. The van der Waals surface area contributed by atoms with Crippen molar-refractivity contribution in [2.24, 2.45) is 16.3 Å². The Labute approximate surface area is 58.0 Å². The first kappa shape index (κ1) is 5.70. The molecule has 1 aliphatic carbocycles. The van der Waals surface area contributed by atoms with Crippen LogP contribution in [0.3, 0.4) is 0 Å². The van der Waals surface area contributed by atoms with E-state index < -0.39 is 5.41 Å². The topological polar surface area (TPSA) is 64.7 Å². The van der Waals surface area contributed by atoms with Crippen LogP contribution in [0.2, 0.25) is 0 Å². The van der Waals surface area contributed by atoms with Gasteiger partial charge >= 0.3 is 5.97 Å². The van der Waals surface area contributed by atoms with E-state index >= 15 is 0 Å². The molecule has 54 valence electrons. The maximum Gasteiger partial charge on any atom is 0.348 e. The van der Waals surface area contributed by atoms with Crippen LogP contribution in [0.5, 0.6) is 0 Å². The third kappa shape index (κ3) is 0.427. The minimum absolute atomic E-state index is 0.267. The molecule has 0 aromatic carbocycles. The van der Waals surface area contributed by atoms with Crippen LogP contribution in [-0.2, 0) is 9.63 Å². The highest BCUT2D eigenvalue weighted by Crippen LogP contribution is 2.44. The molecule has 1 heterocycles. The van der Waals surface area contributed by atoms with Gasteiger partial charge < -0.3 is 10.6 Å². The molecule has 0 amide bonds. The van der Waals surface area contributed by atoms with Crippen molar-refractivity contribution in [2.75, 3.05) is 0 Å². The van der Waals surface area contributed by atoms with Crippen LogP contribution in [0.25, 0.3) is 0 Å². The van der Waals surface area contributed by atoms with Gasteiger partial charge in [-0.1, -0.05) is 11.6 Å². The van der Waals surface area contributed by atoms with Crippen molar-refractivity contribution in [3.05, 3.63) is 0 Å². The van der Waals surface area contributed by atoms with E-state index in [1.165, 1.54) is 0 Å². The molecule has 0 atom stereocenters. The van der Waals surface area contributed by atoms with E-state index in [9.17, 15) is 4.79 Å². The largest absolute Gasteiger partial charge is 0.383 e. The molecule has 4 nitrogen and oxygen atoms in total. The summed E-state index contributed by atoms with van der Waals surface area (Å²) in [5, 5.41) is 3.44. The smallest absolute Gasteiger partial charge is 0.348 e. The summed E-state index contributed by atoms with van der Waals surface area (Å²) in [5.74, 6) is 0.0972. The fourth-order valence-electron chi connectivity index (χ4n) is 1.36. The minimum atomic E-state index is -0.500. The standard InChI is InChI=1S/C6H8N2O2/c7-4-6(2-1-3-6)5(9)10-8-4/h1-3H2,(H2,7,8). The van der Waals surface area contributed by atoms with Crippen LogP contribution in [0.15, 0.2) is 5.16 Å². The molecular weight excluding hydrogens is 132 g/mol. The highest BCUT2D eigenvalue weighted by Gasteiger charge is 2.53. The fraction of sp³-hybridized carbons (Fsp3) is 0.667. The zero-order valence-corrected chi connectivity index (χ0v) is 5.46. The number of hydrogen-bond donors (Lipinski definition) is 1. The normalized spacial score (nSPS) is 27.6. The minimum Gasteiger partial charge on any atom is -0.383 e. The summed E-state index contributed by atoms with van der Waals surface area (Å²) in [6.45, 7) is 0. The van der Waals surface area contributed by atoms with Gasteiger partial charge in [-0.2, -0.15) is 0 Å². The van der Waals surface area contributed by atoms with Crippen molar-refractivity contribution in [2.45, 2.75) is 19.3 Å². The van der Waals surface area contributed by atoms with Gasteiger partial charge in [0, 0.05) is 0 Å². The molecule has 2 N–H and O–H groups in total. The van der Waals surface area contributed by atoms with Crippen LogP contribution in [0, 0.1) is 5.41 Å². The summed E-state index contributed by atoms with van der Waals surface area (Å²) in [7, 11) is 0. The van der Waals surface area contributed by atoms with Crippen molar-refractivity contribution in [1.82, 2.24) is 0 Å². The van der Waals surface area contributed by atoms with Gasteiger partial charge in [0.05, 0.1) is 0 Å². The third-order valence-electron chi connectivity index (χ3n) is 2.32. The van der Waals surface area contributed by atoms with Gasteiger partial charge in [0.1, 0.15) is 5.41 Å². The monoisotopic (exact) mass is 140 g/mol. The zero-order valence-electron chi connectivity index (χ0n) is 5.46. The summed E-state index contributed by atoms with van der Waals surface area (Å²) in [5.41, 5.74) is 4.97. The zero-order chi connectivity index (χ0) is 7.19. The van der Waals surface area contributed by atoms with Crippen molar-refractivity contribution in [3.8, 4) is 0 Å². The van der Waals surface area contributed by atoms with Gasteiger partial charge in [0.15, 0.2) is 5.84 Å². The molecular formula is C6H8N2O2. The van der Waals surface area contributed by atoms with Gasteiger partial charge in [-0.05, 0) is 12.8 Å². The first-order valence-electron chi connectivity index (χ1n) is 3.31. The lowest BCUT2D eigenvalue weighted by atomic mass is 9.68. The number of carbonyl (C=O) groups excluding carboxylic acids is 1. The lowest BCUT2D eigenvalue weighted by Gasteiger charge is -2.32. The molecule has 1 spiro atoms. The number of amidine groups is 1. The SMILES string of the molecule is NC1=NOC(=O)C12CCC2. The van der Waals surface area contributed by atoms with Gasteiger partial charge in [-0.3, -0.25) is 0 Å². The first-order valence-corrected chi connectivity index (χ1v) is 3.31. The average Bonchev–Trinajstić information content (AvgIpc) is 2.06. The van der Waals surface area contributed by atoms with E-state index in [1.54, 1.807) is 0 Å². The molecule has 0 saturated heterocycles. The first-order chi connectivity index (χ1) is 4.76. The summed E-state index contributed by atoms with van der Waals surface area (Å²) in [4.78, 5) is 15.4. The molecule has 10 heavy (non-hydrogen) atoms. The second kappa shape index (κ2) is 1.51. The van der Waals surface area contributed by atoms with E-state index in [-0.39, 0.29) is 5.97 Å². The Morgan fingerprint density at radius 3 is 2.50 bits per heavy atom. The van der Waals surface area contributed by atoms with E-state index in [0.717, 1.165) is 19.3 Å². The molecule has 1 fully saturated rings. The van der Waals surface area contributed by atoms with Crippen molar-refractivity contribution < 1.29 is 9.63 Å². The van der Waals surface area contributed by atoms with E-state index in [2.05, 4.69) is 9.99 Å². The Bertz CT molecular complexity index is 218. The van der Waals surface area contributed by atoms with E-state index in [0.29, 0.717) is 5.84 Å². The fourth-order valence-corrected chi connectivity index (χ4v) is 1.36. The Kier molecular flexibility index (Phi) is 0.859. The highest BCUT2D eigenvalue weighted by atomic mass is 16.7. The number of oxime groups is 1. The van der Waals surface area contributed by atoms with Gasteiger partial charge in [-0.25, -0.2) is 4.79 Å². The second-order valence-corrected chi connectivity index (χ2v) is 2.79. The molecule has 0 radical (unpaired) electrons. The van der Waals surface area contributed by atoms with E-state index in [1.807, 2.05) is 0 Å². The van der Waals surface area contributed by atoms with Crippen LogP contribution >= 0.6 is 0 Å². The predicted molar refractivity (Wildman–Crippen MR) is 34.0 cm³/mol. The van der Waals surface area contributed by atoms with Gasteiger partial charge in [0.25, 0.3) is 0 Å². The third-order valence-corrected chi connectivity index (χ3v) is 2.32. The molecule has 0 bridgehead atoms. The number of nitrogens with two attached hydrogens (primary N) is 1. The summed E-state index contributed by atoms with van der Waals surface area (Å²) in [6.07, 6.45) is 2.66. The molecule has 0 unspecified atom stereocenters. The summed E-state index contributed by atoms with van der Waals surface area (Å²) >= 11 is 0. The molecule has 4 heteroatoms. The van der Waals surface area contributed by atoms with E-state index in [4.69, 9.17) is 5.73 Å². The molecule has 0 aromatic heterocycles. The molecule has 0 aromatic rings. The molecule has 2 rings (SSSR count). The number of carbonyl (C=O) groups is 1. The Morgan fingerprint density at radius 1 is 1.60 bits per heavy atom. The Balaban J connectivity index is 2.33. The van der Waals surface area contributed by atoms with Crippen LogP contribution < -0.4 is 5.73 Å². The number of nitrogens with zero attached hydrogens (tertiary/aromatic N) is 1. The van der Waals surface area contributed by atoms with Crippen LogP contribution in [0.4, 0.5) is 0 Å². The number of hydrogen-bond acceptors (Lipinski definition) is 4. The second-order valence-electron chi connectivity index (χ2n) is 2.79. The van der Waals surface area contributed by atoms with Crippen LogP contribution in [0.1, 0.15) is 19.3 Å². The molecule has 1 saturated carbocycles. The molecule has 2 aliphatic rings. The lowest BCUT2D eigenvalue weighted by Crippen LogP contribution is -2.45.